The van der Waals surface area contributed by atoms with Gasteiger partial charge in [-0.25, -0.2) is 4.39 Å². The molecule has 1 atom stereocenters. The molecule has 1 aliphatic rings. The van der Waals surface area contributed by atoms with Crippen molar-refractivity contribution < 1.29 is 14.0 Å². The fourth-order valence-electron chi connectivity index (χ4n) is 1.22. The van der Waals surface area contributed by atoms with Crippen LogP contribution in [0.15, 0.2) is 29.4 Å². The number of ketones is 1. The molecule has 72 valence electrons. The quantitative estimate of drug-likeness (QED) is 0.678. The van der Waals surface area contributed by atoms with E-state index in [-0.39, 0.29) is 17.3 Å². The van der Waals surface area contributed by atoms with Crippen LogP contribution in [0.3, 0.4) is 0 Å². The van der Waals surface area contributed by atoms with E-state index in [0.717, 1.165) is 0 Å². The van der Waals surface area contributed by atoms with Gasteiger partial charge in [-0.05, 0) is 31.2 Å². The molecule has 1 aromatic carbocycles. The second-order valence-corrected chi connectivity index (χ2v) is 3.06. The molecule has 0 amide bonds. The Morgan fingerprint density at radius 1 is 1.36 bits per heavy atom. The lowest BCUT2D eigenvalue weighted by Gasteiger charge is -1.97. The van der Waals surface area contributed by atoms with Crippen molar-refractivity contribution in [1.82, 2.24) is 0 Å². The minimum absolute atomic E-state index is 0.170. The maximum Gasteiger partial charge on any atom is 0.228 e. The highest BCUT2D eigenvalue weighted by molar-refractivity contribution is 6.48. The van der Waals surface area contributed by atoms with Crippen molar-refractivity contribution in [3.63, 3.8) is 0 Å². The number of carbonyl (C=O) groups excluding carboxylic acids is 1. The number of hydrogen-bond donors (Lipinski definition) is 0. The summed E-state index contributed by atoms with van der Waals surface area (Å²) in [6.45, 7) is 1.63. The molecule has 0 saturated carbocycles. The average molecular weight is 193 g/mol. The van der Waals surface area contributed by atoms with Gasteiger partial charge in [-0.15, -0.1) is 0 Å². The highest BCUT2D eigenvalue weighted by atomic mass is 19.1. The van der Waals surface area contributed by atoms with Gasteiger partial charge in [0.05, 0.1) is 0 Å². The molecule has 4 heteroatoms. The summed E-state index contributed by atoms with van der Waals surface area (Å²) >= 11 is 0. The van der Waals surface area contributed by atoms with Crippen LogP contribution in [0, 0.1) is 5.82 Å². The van der Waals surface area contributed by atoms with E-state index in [2.05, 4.69) is 5.16 Å². The zero-order chi connectivity index (χ0) is 10.1. The van der Waals surface area contributed by atoms with E-state index in [1.54, 1.807) is 6.92 Å². The Morgan fingerprint density at radius 3 is 2.50 bits per heavy atom. The van der Waals surface area contributed by atoms with Crippen LogP contribution in [0.4, 0.5) is 4.39 Å². The van der Waals surface area contributed by atoms with Crippen LogP contribution in [-0.4, -0.2) is 17.6 Å². The van der Waals surface area contributed by atoms with Crippen molar-refractivity contribution in [2.75, 3.05) is 0 Å². The van der Waals surface area contributed by atoms with Crippen LogP contribution in [0.1, 0.15) is 12.5 Å². The van der Waals surface area contributed by atoms with Crippen molar-refractivity contribution in [3.8, 4) is 0 Å². The van der Waals surface area contributed by atoms with Crippen molar-refractivity contribution in [2.45, 2.75) is 13.0 Å². The maximum atomic E-state index is 12.6. The first-order valence-corrected chi connectivity index (χ1v) is 4.22. The third-order valence-corrected chi connectivity index (χ3v) is 2.02. The molecular weight excluding hydrogens is 185 g/mol. The first-order valence-electron chi connectivity index (χ1n) is 4.22. The number of Topliss-reactive ketones (excluding diaryl/α,β-unsaturated/α-hetero) is 1. The lowest BCUT2D eigenvalue weighted by molar-refractivity contribution is -0.119. The number of rotatable bonds is 1. The second kappa shape index (κ2) is 3.21. The summed E-state index contributed by atoms with van der Waals surface area (Å²) in [7, 11) is 0. The molecule has 1 aliphatic heterocycles. The third kappa shape index (κ3) is 1.39. The van der Waals surface area contributed by atoms with Gasteiger partial charge < -0.3 is 4.84 Å². The number of nitrogens with zero attached hydrogens (tertiary/aromatic N) is 1. The molecule has 14 heavy (non-hydrogen) atoms. The molecule has 0 N–H and O–H groups in total. The van der Waals surface area contributed by atoms with Crippen LogP contribution in [0.5, 0.6) is 0 Å². The van der Waals surface area contributed by atoms with Crippen LogP contribution in [-0.2, 0) is 9.63 Å². The molecule has 1 unspecified atom stereocenters. The Morgan fingerprint density at radius 2 is 2.00 bits per heavy atom. The summed E-state index contributed by atoms with van der Waals surface area (Å²) in [4.78, 5) is 16.2. The second-order valence-electron chi connectivity index (χ2n) is 3.06. The van der Waals surface area contributed by atoms with Crippen molar-refractivity contribution in [1.29, 1.82) is 0 Å². The average Bonchev–Trinajstić information content (AvgIpc) is 2.50. The summed E-state index contributed by atoms with van der Waals surface area (Å²) in [6, 6.07) is 5.59. The van der Waals surface area contributed by atoms with Gasteiger partial charge >= 0.3 is 0 Å². The first kappa shape index (κ1) is 8.87. The van der Waals surface area contributed by atoms with Gasteiger partial charge in [0.25, 0.3) is 0 Å². The fourth-order valence-corrected chi connectivity index (χ4v) is 1.22. The largest absolute Gasteiger partial charge is 0.384 e. The highest BCUT2D eigenvalue weighted by Gasteiger charge is 2.28. The normalized spacial score (nSPS) is 20.6. The van der Waals surface area contributed by atoms with E-state index in [1.165, 1.54) is 24.3 Å². The van der Waals surface area contributed by atoms with E-state index in [1.807, 2.05) is 0 Å². The van der Waals surface area contributed by atoms with E-state index >= 15 is 0 Å². The smallest absolute Gasteiger partial charge is 0.228 e. The molecule has 3 nitrogen and oxygen atoms in total. The standard InChI is InChI=1S/C10H8FNO2/c1-6-10(13)9(12-14-6)7-2-4-8(11)5-3-7/h2-6H,1H3. The fraction of sp³-hybridized carbons (Fsp3) is 0.200. The monoisotopic (exact) mass is 193 g/mol. The van der Waals surface area contributed by atoms with Crippen molar-refractivity contribution in [2.24, 2.45) is 5.16 Å². The van der Waals surface area contributed by atoms with Crippen LogP contribution in [0.25, 0.3) is 0 Å². The summed E-state index contributed by atoms with van der Waals surface area (Å²) in [5.41, 5.74) is 0.846. The zero-order valence-corrected chi connectivity index (χ0v) is 7.53. The summed E-state index contributed by atoms with van der Waals surface area (Å²) < 4.78 is 12.6. The van der Waals surface area contributed by atoms with Crippen molar-refractivity contribution in [3.05, 3.63) is 35.6 Å². The lowest BCUT2D eigenvalue weighted by Crippen LogP contribution is -2.20. The van der Waals surface area contributed by atoms with Crippen LogP contribution >= 0.6 is 0 Å². The molecule has 1 heterocycles. The van der Waals surface area contributed by atoms with Crippen molar-refractivity contribution >= 4 is 11.5 Å². The molecule has 0 aliphatic carbocycles. The van der Waals surface area contributed by atoms with Crippen LogP contribution in [0.2, 0.25) is 0 Å². The van der Waals surface area contributed by atoms with Crippen LogP contribution < -0.4 is 0 Å². The highest BCUT2D eigenvalue weighted by Crippen LogP contribution is 2.13. The molecule has 0 aromatic heterocycles. The molecule has 1 aromatic rings. The van der Waals surface area contributed by atoms with E-state index in [9.17, 15) is 9.18 Å². The SMILES string of the molecule is CC1ON=C(c2ccc(F)cc2)C1=O. The Hall–Kier alpha value is -1.71. The summed E-state index contributed by atoms with van der Waals surface area (Å²) in [5, 5.41) is 3.64. The zero-order valence-electron chi connectivity index (χ0n) is 7.53. The first-order chi connectivity index (χ1) is 6.68. The Balaban J connectivity index is 2.33. The molecule has 0 fully saturated rings. The number of carbonyl (C=O) groups is 1. The third-order valence-electron chi connectivity index (χ3n) is 2.02. The van der Waals surface area contributed by atoms with Gasteiger partial charge in [0.1, 0.15) is 5.82 Å². The predicted molar refractivity (Wildman–Crippen MR) is 48.5 cm³/mol. The van der Waals surface area contributed by atoms with E-state index < -0.39 is 6.10 Å². The molecule has 0 bridgehead atoms. The van der Waals surface area contributed by atoms with Gasteiger partial charge in [-0.1, -0.05) is 5.16 Å². The van der Waals surface area contributed by atoms with E-state index in [0.29, 0.717) is 5.56 Å². The minimum atomic E-state index is -0.532. The minimum Gasteiger partial charge on any atom is -0.384 e. The topological polar surface area (TPSA) is 38.7 Å². The molecule has 0 radical (unpaired) electrons. The maximum absolute atomic E-state index is 12.6. The number of oxime groups is 1. The van der Waals surface area contributed by atoms with Gasteiger partial charge in [0.2, 0.25) is 5.78 Å². The Kier molecular flexibility index (Phi) is 2.04. The van der Waals surface area contributed by atoms with Gasteiger partial charge in [0, 0.05) is 5.56 Å². The predicted octanol–water partition coefficient (Wildman–Crippen LogP) is 1.52. The van der Waals surface area contributed by atoms with Gasteiger partial charge in [-0.3, -0.25) is 4.79 Å². The Labute approximate surface area is 80.2 Å². The Bertz CT molecular complexity index is 397. The molecule has 2 rings (SSSR count). The van der Waals surface area contributed by atoms with Gasteiger partial charge in [0.15, 0.2) is 11.8 Å². The van der Waals surface area contributed by atoms with E-state index in [4.69, 9.17) is 4.84 Å². The summed E-state index contributed by atoms with van der Waals surface area (Å²) in [5.74, 6) is -0.509. The molecule has 0 saturated heterocycles. The van der Waals surface area contributed by atoms with Gasteiger partial charge in [-0.2, -0.15) is 0 Å². The number of halogens is 1. The number of benzene rings is 1. The molecular formula is C10H8FNO2. The summed E-state index contributed by atoms with van der Waals surface area (Å²) in [6.07, 6.45) is -0.532. The molecule has 0 spiro atoms. The lowest BCUT2D eigenvalue weighted by atomic mass is 10.0. The number of hydrogen-bond acceptors (Lipinski definition) is 3.